The fraction of sp³-hybridized carbons (Fsp3) is 0.595. The molecule has 2 aromatic rings. The van der Waals surface area contributed by atoms with Crippen molar-refractivity contribution in [2.45, 2.75) is 143 Å². The lowest BCUT2D eigenvalue weighted by atomic mass is 9.86. The van der Waals surface area contributed by atoms with Crippen LogP contribution >= 0.6 is 0 Å². The van der Waals surface area contributed by atoms with Gasteiger partial charge in [0.1, 0.15) is 35.9 Å². The van der Waals surface area contributed by atoms with E-state index in [0.717, 1.165) is 15.4 Å². The number of nitrogens with one attached hydrogen (secondary N) is 1. The first-order valence-electron chi connectivity index (χ1n) is 19.4. The lowest BCUT2D eigenvalue weighted by Gasteiger charge is -2.43. The maximum atomic E-state index is 15.1. The fourth-order valence-electron chi connectivity index (χ4n) is 6.97. The van der Waals surface area contributed by atoms with Gasteiger partial charge in [0, 0.05) is 18.1 Å². The van der Waals surface area contributed by atoms with Crippen LogP contribution in [0.2, 0.25) is 18.1 Å². The number of carbonyl (C=O) groups is 4. The summed E-state index contributed by atoms with van der Waals surface area (Å²) in [6.45, 7) is 26.5. The number of nitrogens with zero attached hydrogens (tertiary/aromatic N) is 3. The number of fused-ring (bicyclic) bond motifs is 3. The average Bonchev–Trinajstić information content (AvgIpc) is 3.56. The molecule has 3 heterocycles. The summed E-state index contributed by atoms with van der Waals surface area (Å²) >= 11 is 0. The van der Waals surface area contributed by atoms with Gasteiger partial charge in [-0.15, -0.1) is 0 Å². The van der Waals surface area contributed by atoms with Crippen LogP contribution in [0.4, 0.5) is 25.8 Å². The van der Waals surface area contributed by atoms with Gasteiger partial charge in [-0.3, -0.25) is 14.6 Å². The van der Waals surface area contributed by atoms with Crippen LogP contribution in [0.25, 0.3) is 0 Å². The molecular weight excluding hydrogens is 733 g/mol. The summed E-state index contributed by atoms with van der Waals surface area (Å²) in [5, 5.41) is 9.83. The number of cyclic esters (lactones) is 1. The standard InChI is InChI=1S/C42H60N4O9Si/c1-25(2)30-24-52-37(49)45(30)35(47)42(12)34(43)32-28-20-27(55-56(13,14)41(9,10)11)22-44(36(48)53-39(3,4)5)29(28)21-31(51-23-26-18-16-15-17-19-26)33(32)46(42)38(50)54-40(6,7)8/h15-19,21,25,27,30,43H,20,22-24H2,1-14H3/t27-,30-,42+/m0/s1. The molecule has 0 saturated carbocycles. The fourth-order valence-corrected chi connectivity index (χ4v) is 8.32. The number of imide groups is 1. The molecule has 0 aliphatic carbocycles. The molecule has 14 heteroatoms. The van der Waals surface area contributed by atoms with Gasteiger partial charge in [-0.05, 0) is 83.6 Å². The molecule has 0 spiro atoms. The molecule has 0 aromatic heterocycles. The predicted molar refractivity (Wildman–Crippen MR) is 217 cm³/mol. The molecule has 1 saturated heterocycles. The molecular formula is C42H60N4O9Si. The second-order valence-corrected chi connectivity index (χ2v) is 23.7. The topological polar surface area (TPSA) is 148 Å². The lowest BCUT2D eigenvalue weighted by molar-refractivity contribution is -0.132. The molecule has 3 aliphatic heterocycles. The molecule has 0 radical (unpaired) electrons. The van der Waals surface area contributed by atoms with Crippen molar-refractivity contribution >= 4 is 49.6 Å². The first-order chi connectivity index (χ1) is 25.7. The average molecular weight is 793 g/mol. The van der Waals surface area contributed by atoms with Crippen molar-refractivity contribution in [2.75, 3.05) is 23.0 Å². The molecule has 2 aromatic carbocycles. The monoisotopic (exact) mass is 792 g/mol. The van der Waals surface area contributed by atoms with Gasteiger partial charge in [0.25, 0.3) is 5.91 Å². The number of carbonyl (C=O) groups excluding carboxylic acids is 4. The molecule has 1 N–H and O–H groups in total. The number of hydrogen-bond donors (Lipinski definition) is 1. The van der Waals surface area contributed by atoms with Crippen molar-refractivity contribution < 1.29 is 42.6 Å². The highest BCUT2D eigenvalue weighted by atomic mass is 28.4. The van der Waals surface area contributed by atoms with Gasteiger partial charge < -0.3 is 28.8 Å². The van der Waals surface area contributed by atoms with Crippen molar-refractivity contribution in [2.24, 2.45) is 5.92 Å². The number of rotatable bonds is 7. The van der Waals surface area contributed by atoms with E-state index < -0.39 is 61.4 Å². The minimum absolute atomic E-state index is 0.0246. The minimum atomic E-state index is -2.43. The molecule has 1 fully saturated rings. The van der Waals surface area contributed by atoms with E-state index in [4.69, 9.17) is 23.4 Å². The SMILES string of the molecule is CC(C)[C@@H]1COC(=O)N1C(=O)[C@@]1(C)C(=N)c2c3c(cc(OCc4ccccc4)c2N1C(=O)OC(C)(C)C)N(C(=O)OC(C)(C)C)C[C@@H](O[Si](C)(C)C(C)(C)C)C3. The Morgan fingerprint density at radius 1 is 0.964 bits per heavy atom. The van der Waals surface area contributed by atoms with E-state index >= 15 is 4.79 Å². The van der Waals surface area contributed by atoms with Crippen LogP contribution in [0, 0.1) is 11.3 Å². The van der Waals surface area contributed by atoms with Gasteiger partial charge in [0.15, 0.2) is 13.9 Å². The number of hydrogen-bond acceptors (Lipinski definition) is 10. The van der Waals surface area contributed by atoms with Crippen LogP contribution in [0.1, 0.15) is 99.8 Å². The zero-order valence-corrected chi connectivity index (χ0v) is 36.5. The zero-order valence-electron chi connectivity index (χ0n) is 35.5. The smallest absolute Gasteiger partial charge is 0.417 e. The van der Waals surface area contributed by atoms with Crippen molar-refractivity contribution in [3.8, 4) is 5.75 Å². The number of anilines is 2. The highest BCUT2D eigenvalue weighted by Crippen LogP contribution is 2.53. The maximum Gasteiger partial charge on any atom is 0.417 e. The van der Waals surface area contributed by atoms with E-state index in [1.54, 1.807) is 47.6 Å². The van der Waals surface area contributed by atoms with Gasteiger partial charge >= 0.3 is 18.3 Å². The van der Waals surface area contributed by atoms with E-state index in [0.29, 0.717) is 11.3 Å². The first-order valence-corrected chi connectivity index (χ1v) is 22.3. The number of benzene rings is 2. The second-order valence-electron chi connectivity index (χ2n) is 19.0. The molecule has 56 heavy (non-hydrogen) atoms. The Labute approximate surface area is 332 Å². The summed E-state index contributed by atoms with van der Waals surface area (Å²) in [6.07, 6.45) is -2.67. The van der Waals surface area contributed by atoms with Crippen LogP contribution < -0.4 is 14.5 Å². The molecule has 3 atom stereocenters. The van der Waals surface area contributed by atoms with Crippen LogP contribution in [0.5, 0.6) is 5.75 Å². The molecule has 0 bridgehead atoms. The van der Waals surface area contributed by atoms with E-state index in [1.807, 2.05) is 44.2 Å². The summed E-state index contributed by atoms with van der Waals surface area (Å²) in [4.78, 5) is 61.0. The zero-order chi connectivity index (χ0) is 41.9. The van der Waals surface area contributed by atoms with Crippen LogP contribution in [0.3, 0.4) is 0 Å². The molecule has 0 unspecified atom stereocenters. The van der Waals surface area contributed by atoms with Gasteiger partial charge in [-0.1, -0.05) is 65.0 Å². The van der Waals surface area contributed by atoms with E-state index in [9.17, 15) is 19.8 Å². The summed E-state index contributed by atoms with van der Waals surface area (Å²) in [5.74, 6) is -0.867. The van der Waals surface area contributed by atoms with Crippen LogP contribution in [-0.2, 0) is 36.5 Å². The van der Waals surface area contributed by atoms with Crippen LogP contribution in [-0.4, -0.2) is 85.2 Å². The Balaban J connectivity index is 1.81. The first kappa shape index (κ1) is 42.7. The van der Waals surface area contributed by atoms with Gasteiger partial charge in [-0.25, -0.2) is 19.3 Å². The molecule has 13 nitrogen and oxygen atoms in total. The van der Waals surface area contributed by atoms with E-state index in [1.165, 1.54) is 11.8 Å². The van der Waals surface area contributed by atoms with Crippen molar-refractivity contribution in [3.05, 3.63) is 53.1 Å². The summed E-state index contributed by atoms with van der Waals surface area (Å²) in [5.41, 5.74) is -2.13. The normalized spacial score (nSPS) is 21.5. The molecule has 5 rings (SSSR count). The Morgan fingerprint density at radius 2 is 1.55 bits per heavy atom. The number of ether oxygens (including phenoxy) is 4. The Morgan fingerprint density at radius 3 is 2.11 bits per heavy atom. The van der Waals surface area contributed by atoms with Crippen molar-refractivity contribution in [1.29, 1.82) is 5.41 Å². The van der Waals surface area contributed by atoms with E-state index in [-0.39, 0.29) is 59.8 Å². The Bertz CT molecular complexity index is 1890. The predicted octanol–water partition coefficient (Wildman–Crippen LogP) is 8.84. The van der Waals surface area contributed by atoms with Crippen molar-refractivity contribution in [1.82, 2.24) is 4.90 Å². The molecule has 3 aliphatic rings. The largest absolute Gasteiger partial charge is 0.487 e. The molecule has 4 amide bonds. The Hall–Kier alpha value is -4.43. The second kappa shape index (κ2) is 14.8. The highest BCUT2D eigenvalue weighted by Gasteiger charge is 2.61. The number of amides is 4. The third-order valence-corrected chi connectivity index (χ3v) is 15.4. The summed E-state index contributed by atoms with van der Waals surface area (Å²) < 4.78 is 30.8. The highest BCUT2D eigenvalue weighted by molar-refractivity contribution is 6.74. The molecule has 306 valence electrons. The quantitative estimate of drug-likeness (QED) is 0.215. The van der Waals surface area contributed by atoms with Gasteiger partial charge in [-0.2, -0.15) is 0 Å². The van der Waals surface area contributed by atoms with E-state index in [2.05, 4.69) is 33.9 Å². The van der Waals surface area contributed by atoms with Crippen LogP contribution in [0.15, 0.2) is 36.4 Å². The lowest BCUT2D eigenvalue weighted by Crippen LogP contribution is -2.63. The summed E-state index contributed by atoms with van der Waals surface area (Å²) in [7, 11) is -2.43. The van der Waals surface area contributed by atoms with Gasteiger partial charge in [0.05, 0.1) is 30.1 Å². The third-order valence-electron chi connectivity index (χ3n) is 10.9. The minimum Gasteiger partial charge on any atom is -0.487 e. The Kier molecular flexibility index (Phi) is 11.3. The van der Waals surface area contributed by atoms with Gasteiger partial charge in [0.2, 0.25) is 0 Å². The summed E-state index contributed by atoms with van der Waals surface area (Å²) in [6, 6.07) is 10.4. The third kappa shape index (κ3) is 8.18. The van der Waals surface area contributed by atoms with Crippen molar-refractivity contribution in [3.63, 3.8) is 0 Å². The maximum absolute atomic E-state index is 15.1.